The molecule has 2 N–H and O–H groups in total. The fourth-order valence-electron chi connectivity index (χ4n) is 3.23. The maximum atomic E-state index is 12.7. The largest absolute Gasteiger partial charge is 0.325 e. The second-order valence-corrected chi connectivity index (χ2v) is 9.50. The molecule has 4 aromatic rings. The van der Waals surface area contributed by atoms with E-state index in [-0.39, 0.29) is 17.2 Å². The number of rotatable bonds is 6. The molecule has 2 aromatic carbocycles. The van der Waals surface area contributed by atoms with Gasteiger partial charge < -0.3 is 10.3 Å². The summed E-state index contributed by atoms with van der Waals surface area (Å²) in [7, 11) is 0. The number of amides is 1. The minimum atomic E-state index is -0.186. The van der Waals surface area contributed by atoms with Gasteiger partial charge in [-0.05, 0) is 36.1 Å². The van der Waals surface area contributed by atoms with E-state index in [0.29, 0.717) is 21.3 Å². The van der Waals surface area contributed by atoms with Crippen molar-refractivity contribution in [3.63, 3.8) is 0 Å². The third kappa shape index (κ3) is 4.89. The van der Waals surface area contributed by atoms with Crippen LogP contribution in [0.1, 0.15) is 30.9 Å². The zero-order chi connectivity index (χ0) is 22.0. The number of aromatic amines is 1. The quantitative estimate of drug-likeness (QED) is 0.288. The van der Waals surface area contributed by atoms with Crippen LogP contribution in [0.5, 0.6) is 0 Å². The number of carbonyl (C=O) groups excluding carboxylic acids is 1. The summed E-state index contributed by atoms with van der Waals surface area (Å²) >= 11 is 2.66. The van der Waals surface area contributed by atoms with Gasteiger partial charge in [0.1, 0.15) is 4.83 Å². The van der Waals surface area contributed by atoms with Crippen LogP contribution in [0.3, 0.4) is 0 Å². The Bertz CT molecular complexity index is 1270. The van der Waals surface area contributed by atoms with Gasteiger partial charge in [0.05, 0.1) is 11.1 Å². The SMILES string of the molecule is Cc1ccc(-c2csc3nc(SCC(=O)Nc4ccc(C(C)C)cc4)[nH]c(=O)c23)cc1. The van der Waals surface area contributed by atoms with Crippen molar-refractivity contribution in [3.8, 4) is 11.1 Å². The van der Waals surface area contributed by atoms with Crippen LogP contribution < -0.4 is 10.9 Å². The highest BCUT2D eigenvalue weighted by atomic mass is 32.2. The van der Waals surface area contributed by atoms with Crippen molar-refractivity contribution >= 4 is 44.9 Å². The number of thioether (sulfide) groups is 1. The Labute approximate surface area is 188 Å². The molecule has 4 rings (SSSR count). The Morgan fingerprint density at radius 1 is 1.13 bits per heavy atom. The number of nitrogens with one attached hydrogen (secondary N) is 2. The molecule has 0 radical (unpaired) electrons. The maximum absolute atomic E-state index is 12.7. The molecule has 0 saturated carbocycles. The highest BCUT2D eigenvalue weighted by Gasteiger charge is 2.14. The number of hydrogen-bond donors (Lipinski definition) is 2. The van der Waals surface area contributed by atoms with Gasteiger partial charge in [-0.2, -0.15) is 0 Å². The molecule has 0 aliphatic heterocycles. The Hall–Kier alpha value is -2.90. The molecule has 2 heterocycles. The fraction of sp³-hybridized carbons (Fsp3) is 0.208. The third-order valence-corrected chi connectivity index (χ3v) is 6.73. The Balaban J connectivity index is 1.46. The van der Waals surface area contributed by atoms with Crippen molar-refractivity contribution in [1.82, 2.24) is 9.97 Å². The first-order valence-corrected chi connectivity index (χ1v) is 11.9. The van der Waals surface area contributed by atoms with Gasteiger partial charge in [0.15, 0.2) is 5.16 Å². The molecule has 1 amide bonds. The van der Waals surface area contributed by atoms with Crippen molar-refractivity contribution in [1.29, 1.82) is 0 Å². The fourth-order valence-corrected chi connectivity index (χ4v) is 4.89. The van der Waals surface area contributed by atoms with Gasteiger partial charge in [0.2, 0.25) is 5.91 Å². The Kier molecular flexibility index (Phi) is 6.25. The number of H-pyrrole nitrogens is 1. The van der Waals surface area contributed by atoms with Crippen LogP contribution >= 0.6 is 23.1 Å². The van der Waals surface area contributed by atoms with E-state index in [0.717, 1.165) is 16.8 Å². The van der Waals surface area contributed by atoms with Crippen LogP contribution in [0.15, 0.2) is 63.9 Å². The Morgan fingerprint density at radius 2 is 1.84 bits per heavy atom. The van der Waals surface area contributed by atoms with Crippen molar-refractivity contribution in [2.24, 2.45) is 0 Å². The van der Waals surface area contributed by atoms with E-state index in [2.05, 4.69) is 29.1 Å². The highest BCUT2D eigenvalue weighted by Crippen LogP contribution is 2.31. The number of benzene rings is 2. The monoisotopic (exact) mass is 449 g/mol. The normalized spacial score (nSPS) is 11.2. The summed E-state index contributed by atoms with van der Waals surface area (Å²) in [6.45, 7) is 6.29. The smallest absolute Gasteiger partial charge is 0.260 e. The molecule has 0 spiro atoms. The van der Waals surface area contributed by atoms with Crippen LogP contribution in [0.25, 0.3) is 21.3 Å². The lowest BCUT2D eigenvalue weighted by molar-refractivity contribution is -0.113. The molecule has 0 unspecified atom stereocenters. The highest BCUT2D eigenvalue weighted by molar-refractivity contribution is 7.99. The average molecular weight is 450 g/mol. The molecular formula is C24H23N3O2S2. The predicted octanol–water partition coefficient (Wildman–Crippen LogP) is 5.81. The zero-order valence-corrected chi connectivity index (χ0v) is 19.2. The molecule has 0 atom stereocenters. The van der Waals surface area contributed by atoms with Gasteiger partial charge in [0.25, 0.3) is 5.56 Å². The molecule has 0 bridgehead atoms. The van der Waals surface area contributed by atoms with Gasteiger partial charge in [-0.1, -0.05) is 67.6 Å². The minimum absolute atomic E-state index is 0.142. The van der Waals surface area contributed by atoms with E-state index in [1.54, 1.807) is 0 Å². The number of carbonyl (C=O) groups is 1. The summed E-state index contributed by atoms with van der Waals surface area (Å²) in [4.78, 5) is 33.1. The van der Waals surface area contributed by atoms with Crippen LogP contribution in [0.4, 0.5) is 5.69 Å². The van der Waals surface area contributed by atoms with E-state index in [1.807, 2.05) is 60.8 Å². The summed E-state index contributed by atoms with van der Waals surface area (Å²) in [5.41, 5.74) is 4.84. The van der Waals surface area contributed by atoms with Crippen molar-refractivity contribution in [2.45, 2.75) is 31.8 Å². The molecule has 0 aliphatic carbocycles. The lowest BCUT2D eigenvalue weighted by Crippen LogP contribution is -2.15. The number of thiophene rings is 1. The van der Waals surface area contributed by atoms with Crippen molar-refractivity contribution in [2.75, 3.05) is 11.1 Å². The lowest BCUT2D eigenvalue weighted by Gasteiger charge is -2.08. The van der Waals surface area contributed by atoms with Crippen molar-refractivity contribution in [3.05, 3.63) is 75.4 Å². The summed E-state index contributed by atoms with van der Waals surface area (Å²) in [6.07, 6.45) is 0. The van der Waals surface area contributed by atoms with Crippen LogP contribution in [-0.2, 0) is 4.79 Å². The van der Waals surface area contributed by atoms with E-state index in [1.165, 1.54) is 34.2 Å². The molecule has 31 heavy (non-hydrogen) atoms. The third-order valence-electron chi connectivity index (χ3n) is 4.99. The summed E-state index contributed by atoms with van der Waals surface area (Å²) in [5.74, 6) is 0.467. The number of fused-ring (bicyclic) bond motifs is 1. The number of hydrogen-bond acceptors (Lipinski definition) is 5. The van der Waals surface area contributed by atoms with Gasteiger partial charge >= 0.3 is 0 Å². The first-order valence-electron chi connectivity index (χ1n) is 10.0. The van der Waals surface area contributed by atoms with E-state index in [9.17, 15) is 9.59 Å². The number of anilines is 1. The molecule has 158 valence electrons. The van der Waals surface area contributed by atoms with Gasteiger partial charge in [-0.25, -0.2) is 4.98 Å². The Morgan fingerprint density at radius 3 is 2.52 bits per heavy atom. The first kappa shape index (κ1) is 21.3. The van der Waals surface area contributed by atoms with Gasteiger partial charge in [-0.3, -0.25) is 9.59 Å². The van der Waals surface area contributed by atoms with Gasteiger partial charge in [0, 0.05) is 16.6 Å². The maximum Gasteiger partial charge on any atom is 0.260 e. The number of aryl methyl sites for hydroxylation is 1. The van der Waals surface area contributed by atoms with Gasteiger partial charge in [-0.15, -0.1) is 11.3 Å². The summed E-state index contributed by atoms with van der Waals surface area (Å²) in [6, 6.07) is 15.9. The second kappa shape index (κ2) is 9.08. The summed E-state index contributed by atoms with van der Waals surface area (Å²) in [5, 5.41) is 5.88. The molecule has 0 fully saturated rings. The zero-order valence-electron chi connectivity index (χ0n) is 17.6. The second-order valence-electron chi connectivity index (χ2n) is 7.68. The van der Waals surface area contributed by atoms with Crippen LogP contribution in [0.2, 0.25) is 0 Å². The molecule has 7 heteroatoms. The van der Waals surface area contributed by atoms with E-state index in [4.69, 9.17) is 0 Å². The van der Waals surface area contributed by atoms with Crippen molar-refractivity contribution < 1.29 is 4.79 Å². The molecule has 0 saturated heterocycles. The molecule has 2 aromatic heterocycles. The van der Waals surface area contributed by atoms with E-state index < -0.39 is 0 Å². The summed E-state index contributed by atoms with van der Waals surface area (Å²) < 4.78 is 0. The molecule has 0 aliphatic rings. The minimum Gasteiger partial charge on any atom is -0.325 e. The lowest BCUT2D eigenvalue weighted by atomic mass is 10.0. The number of nitrogens with zero attached hydrogens (tertiary/aromatic N) is 1. The average Bonchev–Trinajstić information content (AvgIpc) is 3.18. The molecular weight excluding hydrogens is 426 g/mol. The van der Waals surface area contributed by atoms with E-state index >= 15 is 0 Å². The first-order chi connectivity index (χ1) is 14.9. The number of aromatic nitrogens is 2. The van der Waals surface area contributed by atoms with Crippen LogP contribution in [-0.4, -0.2) is 21.6 Å². The predicted molar refractivity (Wildman–Crippen MR) is 130 cm³/mol. The topological polar surface area (TPSA) is 74.8 Å². The molecule has 5 nitrogen and oxygen atoms in total. The van der Waals surface area contributed by atoms with Crippen LogP contribution in [0, 0.1) is 6.92 Å². The standard InChI is InChI=1S/C24H23N3O2S2/c1-14(2)16-8-10-18(11-9-16)25-20(28)13-31-24-26-22(29)21-19(12-30-23(21)27-24)17-6-4-15(3)5-7-17/h4-12,14H,13H2,1-3H3,(H,25,28)(H,26,27,29).